The van der Waals surface area contributed by atoms with E-state index in [1.807, 2.05) is 0 Å². The van der Waals surface area contributed by atoms with Gasteiger partial charge in [0.15, 0.2) is 9.84 Å². The van der Waals surface area contributed by atoms with E-state index in [-0.39, 0.29) is 23.5 Å². The SMILES string of the molecule is CC(NC(=O)OC(C)(C)C)C(=O)N(C)C1CCS(=O)(=O)C1. The molecule has 1 heterocycles. The van der Waals surface area contributed by atoms with Gasteiger partial charge in [-0.25, -0.2) is 13.2 Å². The normalized spacial score (nSPS) is 22.4. The van der Waals surface area contributed by atoms with Gasteiger partial charge in [0.1, 0.15) is 11.6 Å². The summed E-state index contributed by atoms with van der Waals surface area (Å²) in [6, 6.07) is -1.10. The van der Waals surface area contributed by atoms with E-state index >= 15 is 0 Å². The molecule has 1 aliphatic heterocycles. The van der Waals surface area contributed by atoms with Crippen molar-refractivity contribution in [3.8, 4) is 0 Å². The van der Waals surface area contributed by atoms with Gasteiger partial charge in [-0.15, -0.1) is 0 Å². The average molecular weight is 320 g/mol. The highest BCUT2D eigenvalue weighted by atomic mass is 32.2. The van der Waals surface area contributed by atoms with Crippen LogP contribution in [0.2, 0.25) is 0 Å². The van der Waals surface area contributed by atoms with Crippen molar-refractivity contribution in [3.05, 3.63) is 0 Å². The molecule has 1 rings (SSSR count). The summed E-state index contributed by atoms with van der Waals surface area (Å²) in [5.41, 5.74) is -0.641. The van der Waals surface area contributed by atoms with Gasteiger partial charge in [0.25, 0.3) is 0 Å². The molecule has 21 heavy (non-hydrogen) atoms. The van der Waals surface area contributed by atoms with E-state index in [9.17, 15) is 18.0 Å². The zero-order valence-corrected chi connectivity index (χ0v) is 14.0. The fourth-order valence-electron chi connectivity index (χ4n) is 2.11. The van der Waals surface area contributed by atoms with E-state index in [1.54, 1.807) is 34.7 Å². The van der Waals surface area contributed by atoms with Crippen LogP contribution in [0, 0.1) is 0 Å². The molecule has 0 aromatic carbocycles. The summed E-state index contributed by atoms with van der Waals surface area (Å²) < 4.78 is 28.0. The van der Waals surface area contributed by atoms with E-state index in [0.717, 1.165) is 0 Å². The summed E-state index contributed by atoms with van der Waals surface area (Å²) in [5, 5.41) is 2.46. The molecule has 1 N–H and O–H groups in total. The highest BCUT2D eigenvalue weighted by molar-refractivity contribution is 7.91. The number of carbonyl (C=O) groups excluding carboxylic acids is 2. The van der Waals surface area contributed by atoms with E-state index < -0.39 is 27.6 Å². The topological polar surface area (TPSA) is 92.8 Å². The molecule has 0 aromatic rings. The summed E-state index contributed by atoms with van der Waals surface area (Å²) >= 11 is 0. The van der Waals surface area contributed by atoms with Gasteiger partial charge in [0.05, 0.1) is 11.5 Å². The zero-order valence-electron chi connectivity index (χ0n) is 13.2. The lowest BCUT2D eigenvalue weighted by Crippen LogP contribution is -2.50. The Bertz CT molecular complexity index is 509. The first-order valence-electron chi connectivity index (χ1n) is 6.88. The number of sulfone groups is 1. The van der Waals surface area contributed by atoms with Gasteiger partial charge in [0.2, 0.25) is 5.91 Å². The molecule has 0 aromatic heterocycles. The third-order valence-corrected chi connectivity index (χ3v) is 4.96. The van der Waals surface area contributed by atoms with Crippen molar-refractivity contribution in [2.45, 2.75) is 51.8 Å². The van der Waals surface area contributed by atoms with Gasteiger partial charge >= 0.3 is 6.09 Å². The number of carbonyl (C=O) groups is 2. The number of nitrogens with one attached hydrogen (secondary N) is 1. The first-order valence-corrected chi connectivity index (χ1v) is 8.70. The molecule has 8 heteroatoms. The smallest absolute Gasteiger partial charge is 0.408 e. The third kappa shape index (κ3) is 5.53. The minimum absolute atomic E-state index is 0.0194. The van der Waals surface area contributed by atoms with E-state index in [2.05, 4.69) is 5.32 Å². The van der Waals surface area contributed by atoms with Crippen LogP contribution in [0.1, 0.15) is 34.1 Å². The first kappa shape index (κ1) is 17.7. The number of ether oxygens (including phenoxy) is 1. The lowest BCUT2D eigenvalue weighted by Gasteiger charge is -2.27. The van der Waals surface area contributed by atoms with Crippen LogP contribution >= 0.6 is 0 Å². The Labute approximate surface area is 125 Å². The van der Waals surface area contributed by atoms with Gasteiger partial charge < -0.3 is 15.0 Å². The summed E-state index contributed by atoms with van der Waals surface area (Å²) in [6.07, 6.45) is -0.236. The van der Waals surface area contributed by atoms with Crippen LogP contribution in [0.25, 0.3) is 0 Å². The summed E-state index contributed by atoms with van der Waals surface area (Å²) in [6.45, 7) is 6.74. The second-order valence-corrected chi connectivity index (χ2v) is 8.60. The van der Waals surface area contributed by atoms with E-state index in [1.165, 1.54) is 4.90 Å². The Hall–Kier alpha value is -1.31. The Kier molecular flexibility index (Phi) is 5.25. The van der Waals surface area contributed by atoms with Crippen molar-refractivity contribution < 1.29 is 22.7 Å². The molecule has 1 fully saturated rings. The van der Waals surface area contributed by atoms with Crippen LogP contribution in [0.3, 0.4) is 0 Å². The van der Waals surface area contributed by atoms with Gasteiger partial charge in [-0.05, 0) is 34.1 Å². The molecule has 1 saturated heterocycles. The molecule has 2 amide bonds. The molecule has 0 radical (unpaired) electrons. The maximum absolute atomic E-state index is 12.2. The average Bonchev–Trinajstić information content (AvgIpc) is 2.65. The fraction of sp³-hybridized carbons (Fsp3) is 0.846. The van der Waals surface area contributed by atoms with Gasteiger partial charge in [0, 0.05) is 13.1 Å². The minimum Gasteiger partial charge on any atom is -0.444 e. The van der Waals surface area contributed by atoms with Crippen LogP contribution in [-0.2, 0) is 19.4 Å². The predicted octanol–water partition coefficient (Wildman–Crippen LogP) is 0.545. The number of rotatable bonds is 3. The fourth-order valence-corrected chi connectivity index (χ4v) is 3.89. The second-order valence-electron chi connectivity index (χ2n) is 6.37. The monoisotopic (exact) mass is 320 g/mol. The number of hydrogen-bond donors (Lipinski definition) is 1. The molecule has 0 bridgehead atoms. The lowest BCUT2D eigenvalue weighted by atomic mass is 10.2. The molecular formula is C13H24N2O5S. The number of alkyl carbamates (subject to hydrolysis) is 1. The molecule has 0 spiro atoms. The van der Waals surface area contributed by atoms with Crippen molar-refractivity contribution in [1.82, 2.24) is 10.2 Å². The summed E-state index contributed by atoms with van der Waals surface area (Å²) in [5.74, 6) is -0.250. The van der Waals surface area contributed by atoms with Crippen molar-refractivity contribution >= 4 is 21.8 Å². The molecule has 122 valence electrons. The standard InChI is InChI=1S/C13H24N2O5S/c1-9(14-12(17)20-13(2,3)4)11(16)15(5)10-6-7-21(18,19)8-10/h9-10H,6-8H2,1-5H3,(H,14,17). The van der Waals surface area contributed by atoms with Crippen LogP contribution in [0.5, 0.6) is 0 Å². The van der Waals surface area contributed by atoms with Gasteiger partial charge in [-0.1, -0.05) is 0 Å². The second kappa shape index (κ2) is 6.21. The summed E-state index contributed by atoms with van der Waals surface area (Å²) in [7, 11) is -1.50. The maximum atomic E-state index is 12.2. The Morgan fingerprint density at radius 2 is 1.90 bits per heavy atom. The number of nitrogens with zero attached hydrogens (tertiary/aromatic N) is 1. The highest BCUT2D eigenvalue weighted by Gasteiger charge is 2.34. The molecule has 2 atom stereocenters. The molecule has 0 aliphatic carbocycles. The van der Waals surface area contributed by atoms with Crippen molar-refractivity contribution in [3.63, 3.8) is 0 Å². The molecular weight excluding hydrogens is 296 g/mol. The van der Waals surface area contributed by atoms with Crippen LogP contribution in [-0.4, -0.2) is 61.6 Å². The van der Waals surface area contributed by atoms with Crippen molar-refractivity contribution in [1.29, 1.82) is 0 Å². The Morgan fingerprint density at radius 1 is 1.33 bits per heavy atom. The van der Waals surface area contributed by atoms with Crippen LogP contribution < -0.4 is 5.32 Å². The zero-order chi connectivity index (χ0) is 16.4. The number of likely N-dealkylation sites (N-methyl/N-ethyl adjacent to an activating group) is 1. The third-order valence-electron chi connectivity index (χ3n) is 3.21. The maximum Gasteiger partial charge on any atom is 0.408 e. The van der Waals surface area contributed by atoms with Crippen LogP contribution in [0.15, 0.2) is 0 Å². The first-order chi connectivity index (χ1) is 9.41. The largest absolute Gasteiger partial charge is 0.444 e. The van der Waals surface area contributed by atoms with E-state index in [0.29, 0.717) is 6.42 Å². The summed E-state index contributed by atoms with van der Waals surface area (Å²) in [4.78, 5) is 25.2. The molecule has 0 saturated carbocycles. The Morgan fingerprint density at radius 3 is 2.33 bits per heavy atom. The minimum atomic E-state index is -3.05. The molecule has 1 aliphatic rings. The molecule has 7 nitrogen and oxygen atoms in total. The number of hydrogen-bond acceptors (Lipinski definition) is 5. The van der Waals surface area contributed by atoms with Gasteiger partial charge in [-0.2, -0.15) is 0 Å². The lowest BCUT2D eigenvalue weighted by molar-refractivity contribution is -0.133. The van der Waals surface area contributed by atoms with Crippen molar-refractivity contribution in [2.75, 3.05) is 18.6 Å². The quantitative estimate of drug-likeness (QED) is 0.819. The predicted molar refractivity (Wildman–Crippen MR) is 78.7 cm³/mol. The van der Waals surface area contributed by atoms with Crippen LogP contribution in [0.4, 0.5) is 4.79 Å². The molecule has 2 unspecified atom stereocenters. The van der Waals surface area contributed by atoms with Crippen molar-refractivity contribution in [2.24, 2.45) is 0 Å². The number of amides is 2. The Balaban J connectivity index is 2.56. The highest BCUT2D eigenvalue weighted by Crippen LogP contribution is 2.17. The van der Waals surface area contributed by atoms with E-state index in [4.69, 9.17) is 4.74 Å². The van der Waals surface area contributed by atoms with Gasteiger partial charge in [-0.3, -0.25) is 4.79 Å².